The number of aromatic hydroxyl groups is 1. The molecule has 6 N–H and O–H groups in total. The molecule has 0 fully saturated rings. The summed E-state index contributed by atoms with van der Waals surface area (Å²) in [5, 5.41) is 37.4. The molecule has 8 heteroatoms. The first-order valence-electron chi connectivity index (χ1n) is 14.3. The topological polar surface area (TPSA) is 133 Å². The molecule has 0 bridgehead atoms. The molecule has 1 amide bonds. The van der Waals surface area contributed by atoms with Gasteiger partial charge in [0.15, 0.2) is 0 Å². The van der Waals surface area contributed by atoms with Crippen molar-refractivity contribution >= 4 is 30.2 Å². The summed E-state index contributed by atoms with van der Waals surface area (Å²) in [5.41, 5.74) is 8.71. The number of carbonyl (C=O) groups excluding carboxylic acids is 2. The summed E-state index contributed by atoms with van der Waals surface area (Å²) in [6.07, 6.45) is 11.9. The molecule has 0 spiro atoms. The molecule has 0 saturated heterocycles. The van der Waals surface area contributed by atoms with Gasteiger partial charge in [0.25, 0.3) is 0 Å². The van der Waals surface area contributed by atoms with Gasteiger partial charge in [0.2, 0.25) is 0 Å². The fraction of sp³-hybridized carbons (Fsp3) is 0.265. The Morgan fingerprint density at radius 1 is 1.05 bits per heavy atom. The number of hydrogen-bond acceptors (Lipinski definition) is 6. The molecule has 6 rings (SSSR count). The van der Waals surface area contributed by atoms with E-state index in [2.05, 4.69) is 43.2 Å². The van der Waals surface area contributed by atoms with Crippen molar-refractivity contribution in [3.63, 3.8) is 0 Å². The van der Waals surface area contributed by atoms with Crippen LogP contribution in [0.25, 0.3) is 5.57 Å². The van der Waals surface area contributed by atoms with Gasteiger partial charge < -0.3 is 5.32 Å². The van der Waals surface area contributed by atoms with E-state index in [-0.39, 0.29) is 33.8 Å². The van der Waals surface area contributed by atoms with Gasteiger partial charge in [-0.2, -0.15) is 0 Å². The number of nitrogens with one attached hydrogen (secondary N) is 1. The predicted molar refractivity (Wildman–Crippen MR) is 164 cm³/mol. The molecular weight excluding hydrogens is 527 g/mol. The molecule has 0 aromatic heterocycles. The van der Waals surface area contributed by atoms with Crippen LogP contribution in [-0.2, 0) is 17.8 Å². The van der Waals surface area contributed by atoms with Crippen LogP contribution in [0.3, 0.4) is 0 Å². The molecular formula is C34H33BN2O5. The number of benzene rings is 2. The van der Waals surface area contributed by atoms with Crippen molar-refractivity contribution in [1.29, 1.82) is 0 Å². The summed E-state index contributed by atoms with van der Waals surface area (Å²) < 4.78 is 0. The van der Waals surface area contributed by atoms with Gasteiger partial charge in [0.1, 0.15) is 0 Å². The van der Waals surface area contributed by atoms with Crippen LogP contribution in [0.15, 0.2) is 95.3 Å². The number of hydrogen-bond donors (Lipinski definition) is 5. The number of phenolic OH excluding ortho intramolecular Hbond substituents is 1. The average Bonchev–Trinajstić information content (AvgIpc) is 3.21. The molecule has 2 aromatic rings. The number of fused-ring (bicyclic) bond motifs is 3. The van der Waals surface area contributed by atoms with Crippen LogP contribution in [0.2, 0.25) is 0 Å². The number of nitrogens with two attached hydrogens (primary N) is 1. The van der Waals surface area contributed by atoms with Gasteiger partial charge in [0.05, 0.1) is 0 Å². The second-order valence-electron chi connectivity index (χ2n) is 11.5. The van der Waals surface area contributed by atoms with Gasteiger partial charge in [-0.1, -0.05) is 30.3 Å². The summed E-state index contributed by atoms with van der Waals surface area (Å²) in [4.78, 5) is 25.9. The van der Waals surface area contributed by atoms with Crippen molar-refractivity contribution in [2.45, 2.75) is 37.8 Å². The second kappa shape index (κ2) is 10.9. The maximum atomic E-state index is 13.9. The van der Waals surface area contributed by atoms with E-state index < -0.39 is 29.0 Å². The Hall–Kier alpha value is -4.27. The fourth-order valence-electron chi connectivity index (χ4n) is 6.90. The molecule has 7 nitrogen and oxygen atoms in total. The molecule has 0 unspecified atom stereocenters. The number of aliphatic hydroxyl groups is 2. The van der Waals surface area contributed by atoms with E-state index in [1.807, 2.05) is 30.3 Å². The standard InChI is InChI=1S/C34H33BN2O5/c35-31-25(33(36)41)12-11-23-15-22-16-26-24(13-14-27(38)29(26)30(39)28(22)32(40)34(23,31)42)21-8-4-7-20(9-10-21)18-37-17-19-5-2-1-3-6-19/h1-3,5-10,12-14,22-23,35,37-38,40,42H,4,11,15-18H2,(H2,36,41)/t22-,23-,34-/m1/s1. The van der Waals surface area contributed by atoms with Crippen molar-refractivity contribution in [3.05, 3.63) is 118 Å². The van der Waals surface area contributed by atoms with E-state index in [9.17, 15) is 24.9 Å². The van der Waals surface area contributed by atoms with Crippen LogP contribution in [0, 0.1) is 11.8 Å². The zero-order chi connectivity index (χ0) is 29.6. The number of aliphatic hydroxyl groups excluding tert-OH is 1. The van der Waals surface area contributed by atoms with Crippen molar-refractivity contribution in [3.8, 4) is 5.75 Å². The van der Waals surface area contributed by atoms with Gasteiger partial charge in [-0.3, -0.25) is 0 Å². The van der Waals surface area contributed by atoms with Gasteiger partial charge in [-0.15, -0.1) is 0 Å². The first-order chi connectivity index (χ1) is 20.2. The van der Waals surface area contributed by atoms with Crippen LogP contribution in [0.5, 0.6) is 5.75 Å². The molecule has 0 radical (unpaired) electrons. The molecule has 0 heterocycles. The second-order valence-corrected chi connectivity index (χ2v) is 11.5. The van der Waals surface area contributed by atoms with Crippen LogP contribution >= 0.6 is 0 Å². The van der Waals surface area contributed by atoms with Crippen molar-refractivity contribution in [1.82, 2.24) is 5.32 Å². The molecule has 212 valence electrons. The summed E-state index contributed by atoms with van der Waals surface area (Å²) in [6.45, 7) is 1.49. The summed E-state index contributed by atoms with van der Waals surface area (Å²) in [6, 6.07) is 13.6. The van der Waals surface area contributed by atoms with Crippen molar-refractivity contribution in [2.24, 2.45) is 17.6 Å². The van der Waals surface area contributed by atoms with Crippen LogP contribution in [0.4, 0.5) is 0 Å². The van der Waals surface area contributed by atoms with Crippen LogP contribution < -0.4 is 11.1 Å². The normalized spacial score (nSPS) is 25.0. The van der Waals surface area contributed by atoms with Crippen LogP contribution in [0.1, 0.15) is 46.3 Å². The number of allylic oxidation sites excluding steroid dienone is 6. The third-order valence-corrected chi connectivity index (χ3v) is 9.06. The quantitative estimate of drug-likeness (QED) is 0.345. The minimum atomic E-state index is -1.96. The minimum absolute atomic E-state index is 0.00146. The van der Waals surface area contributed by atoms with E-state index in [4.69, 9.17) is 5.73 Å². The Morgan fingerprint density at radius 2 is 1.83 bits per heavy atom. The molecule has 0 aliphatic heterocycles. The Morgan fingerprint density at radius 3 is 2.60 bits per heavy atom. The third-order valence-electron chi connectivity index (χ3n) is 9.06. The molecule has 4 aliphatic rings. The van der Waals surface area contributed by atoms with E-state index in [0.717, 1.165) is 41.8 Å². The van der Waals surface area contributed by atoms with E-state index in [0.29, 0.717) is 19.3 Å². The number of phenols is 1. The Labute approximate surface area is 245 Å². The zero-order valence-electron chi connectivity index (χ0n) is 23.3. The Kier molecular flexibility index (Phi) is 7.21. The number of amides is 1. The van der Waals surface area contributed by atoms with Crippen LogP contribution in [-0.4, -0.2) is 52.1 Å². The zero-order valence-corrected chi connectivity index (χ0v) is 23.3. The van der Waals surface area contributed by atoms with E-state index >= 15 is 0 Å². The Bertz CT molecular complexity index is 1670. The average molecular weight is 560 g/mol. The SMILES string of the molecule is B=C1C(C(N)=O)=CC[C@@H]2C[C@@H]3Cc4c(C5=CCC=C(CNCc6ccccc6)C=C5)ccc(O)c4C(=O)C3=C(O)[C@]12O. The predicted octanol–water partition coefficient (Wildman–Crippen LogP) is 3.26. The summed E-state index contributed by atoms with van der Waals surface area (Å²) in [5.74, 6) is -2.76. The maximum absolute atomic E-state index is 13.9. The summed E-state index contributed by atoms with van der Waals surface area (Å²) >= 11 is 0. The van der Waals surface area contributed by atoms with Gasteiger partial charge in [0, 0.05) is 13.1 Å². The molecule has 4 aliphatic carbocycles. The van der Waals surface area contributed by atoms with Gasteiger partial charge >= 0.3 is 191 Å². The number of ketones is 1. The molecule has 42 heavy (non-hydrogen) atoms. The Balaban J connectivity index is 1.29. The number of rotatable bonds is 6. The fourth-order valence-corrected chi connectivity index (χ4v) is 6.90. The van der Waals surface area contributed by atoms with Crippen molar-refractivity contribution in [2.75, 3.05) is 6.54 Å². The summed E-state index contributed by atoms with van der Waals surface area (Å²) in [7, 11) is 3.87. The molecule has 2 aromatic carbocycles. The number of Topliss-reactive ketones (excluding diaryl/α,β-unsaturated/α-hetero) is 1. The van der Waals surface area contributed by atoms with E-state index in [1.54, 1.807) is 6.08 Å². The molecule has 3 atom stereocenters. The monoisotopic (exact) mass is 560 g/mol. The number of primary amides is 1. The van der Waals surface area contributed by atoms with Gasteiger partial charge in [-0.25, -0.2) is 0 Å². The first-order valence-corrected chi connectivity index (χ1v) is 14.3. The van der Waals surface area contributed by atoms with E-state index in [1.165, 1.54) is 11.6 Å². The van der Waals surface area contributed by atoms with Gasteiger partial charge in [-0.05, 0) is 5.56 Å². The first kappa shape index (κ1) is 27.9. The van der Waals surface area contributed by atoms with Crippen molar-refractivity contribution < 1.29 is 24.9 Å². The molecule has 0 saturated carbocycles. The third kappa shape index (κ3) is 4.61. The number of carbonyl (C=O) groups is 2.